The fourth-order valence-electron chi connectivity index (χ4n) is 4.23. The summed E-state index contributed by atoms with van der Waals surface area (Å²) in [5.74, 6) is 0. The standard InChI is InChI=1S/C19H43O2Si2/c1-15(2)22(13,18(7,8)9)20-14-21-23(16(3)4,17(5)6)19(10,11)12/h14-17H,1-13H3/q+1/t22-/m0/s1. The van der Waals surface area contributed by atoms with Crippen LogP contribution in [0.15, 0.2) is 0 Å². The van der Waals surface area contributed by atoms with Gasteiger partial charge in [-0.1, -0.05) is 83.1 Å². The van der Waals surface area contributed by atoms with Gasteiger partial charge in [-0.25, -0.2) is 0 Å². The van der Waals surface area contributed by atoms with Crippen molar-refractivity contribution >= 4 is 23.1 Å². The predicted octanol–water partition coefficient (Wildman–Crippen LogP) is 7.05. The molecule has 0 rings (SSSR count). The average molecular weight is 360 g/mol. The molecule has 2 nitrogen and oxygen atoms in total. The minimum absolute atomic E-state index is 0.173. The molecule has 0 unspecified atom stereocenters. The van der Waals surface area contributed by atoms with E-state index in [1.807, 2.05) is 0 Å². The van der Waals surface area contributed by atoms with Crippen molar-refractivity contribution < 1.29 is 8.54 Å². The molecular weight excluding hydrogens is 316 g/mol. The van der Waals surface area contributed by atoms with Crippen molar-refractivity contribution in [2.75, 3.05) is 0 Å². The highest BCUT2D eigenvalue weighted by Gasteiger charge is 2.60. The van der Waals surface area contributed by atoms with Crippen molar-refractivity contribution in [3.05, 3.63) is 0 Å². The Balaban J connectivity index is 5.76. The molecule has 23 heavy (non-hydrogen) atoms. The zero-order valence-corrected chi connectivity index (χ0v) is 20.1. The monoisotopic (exact) mass is 359 g/mol. The van der Waals surface area contributed by atoms with Gasteiger partial charge in [0.15, 0.2) is 0 Å². The van der Waals surface area contributed by atoms with Crippen molar-refractivity contribution in [3.63, 3.8) is 0 Å². The van der Waals surface area contributed by atoms with Crippen molar-refractivity contribution in [2.24, 2.45) is 0 Å². The van der Waals surface area contributed by atoms with Gasteiger partial charge in [0.25, 0.3) is 0 Å². The summed E-state index contributed by atoms with van der Waals surface area (Å²) in [6.07, 6.45) is 0. The van der Waals surface area contributed by atoms with Crippen LogP contribution in [-0.2, 0) is 8.54 Å². The molecule has 0 aromatic heterocycles. The highest BCUT2D eigenvalue weighted by atomic mass is 28.4. The van der Waals surface area contributed by atoms with Gasteiger partial charge < -0.3 is 8.54 Å². The van der Waals surface area contributed by atoms with Gasteiger partial charge in [-0.05, 0) is 6.55 Å². The van der Waals surface area contributed by atoms with E-state index in [2.05, 4.69) is 89.6 Å². The van der Waals surface area contributed by atoms with Gasteiger partial charge in [0.2, 0.25) is 0 Å². The summed E-state index contributed by atoms with van der Waals surface area (Å²) in [6, 6.07) is 0. The Kier molecular flexibility index (Phi) is 7.39. The van der Waals surface area contributed by atoms with E-state index in [9.17, 15) is 0 Å². The molecule has 0 saturated carbocycles. The summed E-state index contributed by atoms with van der Waals surface area (Å²) in [5, 5.41) is 0.356. The fourth-order valence-corrected chi connectivity index (χ4v) is 12.8. The topological polar surface area (TPSA) is 20.5 Å². The van der Waals surface area contributed by atoms with E-state index < -0.39 is 16.6 Å². The molecule has 0 aromatic rings. The van der Waals surface area contributed by atoms with Crippen LogP contribution in [0.5, 0.6) is 0 Å². The minimum Gasteiger partial charge on any atom is -0.414 e. The fraction of sp³-hybridized carbons (Fsp3) is 0.947. The maximum absolute atomic E-state index is 6.58. The highest BCUT2D eigenvalue weighted by molar-refractivity contribution is 6.78. The second-order valence-electron chi connectivity index (χ2n) is 10.2. The molecule has 0 heterocycles. The van der Waals surface area contributed by atoms with E-state index in [4.69, 9.17) is 8.54 Å². The van der Waals surface area contributed by atoms with Crippen molar-refractivity contribution in [1.82, 2.24) is 0 Å². The van der Waals surface area contributed by atoms with Gasteiger partial charge in [-0.3, -0.25) is 0 Å². The lowest BCUT2D eigenvalue weighted by atomic mass is 10.2. The second kappa shape index (κ2) is 7.42. The first-order valence-corrected chi connectivity index (χ1v) is 13.8. The van der Waals surface area contributed by atoms with Gasteiger partial charge in [0.05, 0.1) is 0 Å². The van der Waals surface area contributed by atoms with E-state index in [1.165, 1.54) is 0 Å². The Bertz CT molecular complexity index is 393. The smallest absolute Gasteiger partial charge is 0.414 e. The quantitative estimate of drug-likeness (QED) is 0.283. The largest absolute Gasteiger partial charge is 0.428 e. The van der Waals surface area contributed by atoms with Crippen LogP contribution in [-0.4, -0.2) is 23.1 Å². The van der Waals surface area contributed by atoms with Gasteiger partial charge in [-0.2, -0.15) is 0 Å². The van der Waals surface area contributed by atoms with Crippen LogP contribution in [0.25, 0.3) is 0 Å². The van der Waals surface area contributed by atoms with Gasteiger partial charge in [0.1, 0.15) is 0 Å². The van der Waals surface area contributed by atoms with Crippen molar-refractivity contribution in [3.8, 4) is 0 Å². The molecule has 0 radical (unpaired) electrons. The SMILES string of the molecule is CC(C)[Si]([O+]=CO[Si@@](C)(C(C)C)C(C)(C)C)(C(C)C)C(C)(C)C. The van der Waals surface area contributed by atoms with Crippen LogP contribution in [0.3, 0.4) is 0 Å². The highest BCUT2D eigenvalue weighted by Crippen LogP contribution is 2.49. The molecule has 0 N–H and O–H groups in total. The minimum atomic E-state index is -2.00. The lowest BCUT2D eigenvalue weighted by Crippen LogP contribution is -2.52. The van der Waals surface area contributed by atoms with Gasteiger partial charge in [0, 0.05) is 26.7 Å². The second-order valence-corrected chi connectivity index (χ2v) is 20.9. The van der Waals surface area contributed by atoms with Crippen LogP contribution in [0.4, 0.5) is 0 Å². The number of hydrogen-bond acceptors (Lipinski definition) is 1. The Labute approximate surface area is 148 Å². The molecule has 0 spiro atoms. The summed E-state index contributed by atoms with van der Waals surface area (Å²) >= 11 is 0. The number of carbonyl (C=O) groups excluding carboxylic acids is 1. The Morgan fingerprint density at radius 3 is 1.35 bits per heavy atom. The molecule has 4 heteroatoms. The maximum atomic E-state index is 6.58. The molecule has 0 aliphatic rings. The molecule has 0 aliphatic carbocycles. The molecule has 0 fully saturated rings. The van der Waals surface area contributed by atoms with E-state index >= 15 is 0 Å². The molecule has 0 saturated heterocycles. The van der Waals surface area contributed by atoms with E-state index in [0.29, 0.717) is 16.6 Å². The lowest BCUT2D eigenvalue weighted by Gasteiger charge is -2.39. The maximum Gasteiger partial charge on any atom is 0.428 e. The van der Waals surface area contributed by atoms with Crippen LogP contribution >= 0.6 is 0 Å². The van der Waals surface area contributed by atoms with Gasteiger partial charge in [-0.15, -0.1) is 0 Å². The normalized spacial score (nSPS) is 17.4. The van der Waals surface area contributed by atoms with E-state index in [0.717, 1.165) is 0 Å². The van der Waals surface area contributed by atoms with Crippen LogP contribution in [0.1, 0.15) is 83.1 Å². The first-order chi connectivity index (χ1) is 10.0. The molecule has 138 valence electrons. The summed E-state index contributed by atoms with van der Waals surface area (Å²) in [6.45, 7) is 31.8. The lowest BCUT2D eigenvalue weighted by molar-refractivity contribution is -0.323. The third kappa shape index (κ3) is 4.50. The Morgan fingerprint density at radius 2 is 1.13 bits per heavy atom. The van der Waals surface area contributed by atoms with Crippen LogP contribution in [0.2, 0.25) is 33.2 Å². The zero-order valence-electron chi connectivity index (χ0n) is 18.1. The predicted molar refractivity (Wildman–Crippen MR) is 109 cm³/mol. The summed E-state index contributed by atoms with van der Waals surface area (Å²) < 4.78 is 13.0. The van der Waals surface area contributed by atoms with E-state index in [-0.39, 0.29) is 10.1 Å². The van der Waals surface area contributed by atoms with Crippen molar-refractivity contribution in [2.45, 2.75) is 116 Å². The first kappa shape index (κ1) is 22.9. The average Bonchev–Trinajstić information content (AvgIpc) is 2.29. The van der Waals surface area contributed by atoms with E-state index in [1.54, 1.807) is 6.47 Å². The number of hydrogen-bond donors (Lipinski definition) is 0. The molecular formula is C19H43O2Si2+. The summed E-state index contributed by atoms with van der Waals surface area (Å²) in [7, 11) is -3.92. The molecule has 1 atom stereocenters. The van der Waals surface area contributed by atoms with Crippen molar-refractivity contribution in [1.29, 1.82) is 0 Å². The number of rotatable bonds is 6. The third-order valence-corrected chi connectivity index (χ3v) is 18.0. The molecule has 0 amide bonds. The Morgan fingerprint density at radius 1 is 0.739 bits per heavy atom. The van der Waals surface area contributed by atoms with Crippen LogP contribution < -0.4 is 0 Å². The summed E-state index contributed by atoms with van der Waals surface area (Å²) in [5.41, 5.74) is 1.64. The molecule has 0 bridgehead atoms. The molecule has 0 aliphatic heterocycles. The first-order valence-electron chi connectivity index (χ1n) is 9.21. The van der Waals surface area contributed by atoms with Crippen LogP contribution in [0, 0.1) is 0 Å². The third-order valence-electron chi connectivity index (χ3n) is 6.01. The zero-order chi connectivity index (χ0) is 18.9. The molecule has 0 aromatic carbocycles. The summed E-state index contributed by atoms with van der Waals surface area (Å²) in [4.78, 5) is 0. The Hall–Kier alpha value is -0.0962. The van der Waals surface area contributed by atoms with Gasteiger partial charge >= 0.3 is 23.1 Å².